The second-order valence-corrected chi connectivity index (χ2v) is 5.82. The van der Waals surface area contributed by atoms with Gasteiger partial charge in [-0.1, -0.05) is 38.3 Å². The second kappa shape index (κ2) is 12.3. The number of carbonyl (C=O) groups excluding carboxylic acids is 1. The van der Waals surface area contributed by atoms with Crippen LogP contribution in [0.3, 0.4) is 0 Å². The number of guanidine groups is 1. The molecular weight excluding hydrogens is 443 g/mol. The van der Waals surface area contributed by atoms with Gasteiger partial charge in [0.25, 0.3) is 5.91 Å². The molecule has 142 valence electrons. The first-order valence-corrected chi connectivity index (χ1v) is 8.66. The Bertz CT molecular complexity index is 669. The summed E-state index contributed by atoms with van der Waals surface area (Å²) in [6.07, 6.45) is 6.26. The minimum absolute atomic E-state index is 0. The van der Waals surface area contributed by atoms with Crippen LogP contribution in [-0.4, -0.2) is 18.4 Å². The van der Waals surface area contributed by atoms with Gasteiger partial charge in [-0.25, -0.2) is 4.99 Å². The summed E-state index contributed by atoms with van der Waals surface area (Å²) < 4.78 is 5.06. The fourth-order valence-electron chi connectivity index (χ4n) is 2.29. The molecule has 0 aliphatic rings. The van der Waals surface area contributed by atoms with Crippen LogP contribution < -0.4 is 16.4 Å². The molecule has 1 amide bonds. The van der Waals surface area contributed by atoms with Gasteiger partial charge in [0.15, 0.2) is 11.7 Å². The molecule has 0 saturated heterocycles. The van der Waals surface area contributed by atoms with Gasteiger partial charge < -0.3 is 20.8 Å². The molecule has 0 aliphatic heterocycles. The van der Waals surface area contributed by atoms with Crippen molar-refractivity contribution in [2.75, 3.05) is 11.9 Å². The zero-order valence-corrected chi connectivity index (χ0v) is 17.4. The fraction of sp³-hybridized carbons (Fsp3) is 0.368. The van der Waals surface area contributed by atoms with Gasteiger partial charge in [0.1, 0.15) is 0 Å². The third-order valence-electron chi connectivity index (χ3n) is 3.73. The number of rotatable bonds is 9. The molecule has 1 aromatic carbocycles. The lowest BCUT2D eigenvalue weighted by Gasteiger charge is -2.06. The van der Waals surface area contributed by atoms with Crippen LogP contribution in [0.25, 0.3) is 0 Å². The van der Waals surface area contributed by atoms with Crippen LogP contribution in [0.5, 0.6) is 0 Å². The van der Waals surface area contributed by atoms with E-state index in [1.807, 2.05) is 24.3 Å². The van der Waals surface area contributed by atoms with E-state index >= 15 is 0 Å². The van der Waals surface area contributed by atoms with Gasteiger partial charge in [0.2, 0.25) is 0 Å². The van der Waals surface area contributed by atoms with Gasteiger partial charge >= 0.3 is 0 Å². The number of furan rings is 1. The maximum Gasteiger partial charge on any atom is 0.291 e. The molecule has 4 N–H and O–H groups in total. The number of carbonyl (C=O) groups is 1. The van der Waals surface area contributed by atoms with Gasteiger partial charge in [-0.2, -0.15) is 0 Å². The van der Waals surface area contributed by atoms with Crippen LogP contribution in [0.1, 0.15) is 48.7 Å². The number of amides is 1. The number of aliphatic imine (C=N–C) groups is 1. The Morgan fingerprint density at radius 3 is 2.58 bits per heavy atom. The van der Waals surface area contributed by atoms with Crippen molar-refractivity contribution in [3.05, 3.63) is 54.0 Å². The van der Waals surface area contributed by atoms with E-state index in [1.54, 1.807) is 12.1 Å². The summed E-state index contributed by atoms with van der Waals surface area (Å²) in [5.41, 5.74) is 7.58. The molecule has 1 aromatic heterocycles. The highest BCUT2D eigenvalue weighted by molar-refractivity contribution is 14.0. The minimum Gasteiger partial charge on any atom is -0.459 e. The average Bonchev–Trinajstić information content (AvgIpc) is 3.16. The van der Waals surface area contributed by atoms with Crippen LogP contribution in [-0.2, 0) is 6.54 Å². The van der Waals surface area contributed by atoms with Gasteiger partial charge in [-0.15, -0.1) is 24.0 Å². The molecule has 6 nitrogen and oxygen atoms in total. The monoisotopic (exact) mass is 470 g/mol. The Morgan fingerprint density at radius 2 is 1.92 bits per heavy atom. The summed E-state index contributed by atoms with van der Waals surface area (Å²) in [5, 5.41) is 5.90. The number of nitrogens with one attached hydrogen (secondary N) is 2. The molecule has 7 heteroatoms. The quantitative estimate of drug-likeness (QED) is 0.222. The lowest BCUT2D eigenvalue weighted by atomic mass is 10.2. The normalized spacial score (nSPS) is 10.9. The van der Waals surface area contributed by atoms with Crippen molar-refractivity contribution in [1.82, 2.24) is 5.32 Å². The van der Waals surface area contributed by atoms with Gasteiger partial charge in [-0.05, 0) is 36.2 Å². The SMILES string of the molecule is CCCCCCNC(N)=NCc1ccc(NC(=O)c2ccco2)cc1.I. The van der Waals surface area contributed by atoms with Crippen molar-refractivity contribution in [3.63, 3.8) is 0 Å². The Morgan fingerprint density at radius 1 is 1.15 bits per heavy atom. The van der Waals surface area contributed by atoms with Crippen LogP contribution >= 0.6 is 24.0 Å². The summed E-state index contributed by atoms with van der Waals surface area (Å²) >= 11 is 0. The number of unbranched alkanes of at least 4 members (excludes halogenated alkanes) is 3. The van der Waals surface area contributed by atoms with Crippen LogP contribution in [0.15, 0.2) is 52.1 Å². The number of nitrogens with two attached hydrogens (primary N) is 1. The van der Waals surface area contributed by atoms with Gasteiger partial charge in [0, 0.05) is 12.2 Å². The zero-order chi connectivity index (χ0) is 17.9. The Balaban J connectivity index is 0.00000338. The van der Waals surface area contributed by atoms with E-state index in [-0.39, 0.29) is 35.6 Å². The van der Waals surface area contributed by atoms with Gasteiger partial charge in [-0.3, -0.25) is 4.79 Å². The second-order valence-electron chi connectivity index (χ2n) is 5.82. The number of nitrogens with zero attached hydrogens (tertiary/aromatic N) is 1. The minimum atomic E-state index is -0.271. The summed E-state index contributed by atoms with van der Waals surface area (Å²) in [5.74, 6) is 0.477. The molecule has 2 aromatic rings. The van der Waals surface area contributed by atoms with E-state index in [0.29, 0.717) is 18.2 Å². The van der Waals surface area contributed by atoms with E-state index in [0.717, 1.165) is 18.5 Å². The smallest absolute Gasteiger partial charge is 0.291 e. The summed E-state index contributed by atoms with van der Waals surface area (Å²) in [6.45, 7) is 3.55. The molecule has 0 atom stereocenters. The summed E-state index contributed by atoms with van der Waals surface area (Å²) in [6, 6.07) is 10.8. The van der Waals surface area contributed by atoms with Crippen molar-refractivity contribution in [2.24, 2.45) is 10.7 Å². The predicted octanol–water partition coefficient (Wildman–Crippen LogP) is 4.13. The predicted molar refractivity (Wildman–Crippen MR) is 116 cm³/mol. The first-order valence-electron chi connectivity index (χ1n) is 8.66. The largest absolute Gasteiger partial charge is 0.459 e. The summed E-state index contributed by atoms with van der Waals surface area (Å²) in [7, 11) is 0. The zero-order valence-electron chi connectivity index (χ0n) is 15.0. The molecule has 0 bridgehead atoms. The van der Waals surface area contributed by atoms with Crippen molar-refractivity contribution < 1.29 is 9.21 Å². The number of anilines is 1. The van der Waals surface area contributed by atoms with E-state index in [9.17, 15) is 4.79 Å². The standard InChI is InChI=1S/C19H26N4O2.HI/c1-2-3-4-5-12-21-19(20)22-14-15-8-10-16(11-9-15)23-18(24)17-7-6-13-25-17;/h6-11,13H,2-5,12,14H2,1H3,(H,23,24)(H3,20,21,22);1H. The molecule has 0 fully saturated rings. The number of hydrogen-bond acceptors (Lipinski definition) is 3. The topological polar surface area (TPSA) is 92.6 Å². The molecular formula is C19H27IN4O2. The lowest BCUT2D eigenvalue weighted by Crippen LogP contribution is -2.32. The molecule has 2 rings (SSSR count). The van der Waals surface area contributed by atoms with Crippen molar-refractivity contribution >= 4 is 41.5 Å². The third-order valence-corrected chi connectivity index (χ3v) is 3.73. The van der Waals surface area contributed by atoms with Crippen molar-refractivity contribution in [1.29, 1.82) is 0 Å². The van der Waals surface area contributed by atoms with Crippen molar-refractivity contribution in [2.45, 2.75) is 39.2 Å². The number of benzene rings is 1. The first kappa shape index (κ1) is 22.0. The molecule has 0 aliphatic carbocycles. The highest BCUT2D eigenvalue weighted by Crippen LogP contribution is 2.12. The van der Waals surface area contributed by atoms with Crippen LogP contribution in [0, 0.1) is 0 Å². The van der Waals surface area contributed by atoms with E-state index in [4.69, 9.17) is 10.2 Å². The van der Waals surface area contributed by atoms with Gasteiger partial charge in [0.05, 0.1) is 12.8 Å². The Hall–Kier alpha value is -2.03. The maximum absolute atomic E-state index is 11.9. The van der Waals surface area contributed by atoms with Crippen LogP contribution in [0.4, 0.5) is 5.69 Å². The third kappa shape index (κ3) is 7.90. The molecule has 0 radical (unpaired) electrons. The number of hydrogen-bond donors (Lipinski definition) is 3. The summed E-state index contributed by atoms with van der Waals surface area (Å²) in [4.78, 5) is 16.2. The van der Waals surface area contributed by atoms with Crippen molar-refractivity contribution in [3.8, 4) is 0 Å². The molecule has 0 spiro atoms. The van der Waals surface area contributed by atoms with E-state index in [1.165, 1.54) is 25.5 Å². The molecule has 0 saturated carbocycles. The highest BCUT2D eigenvalue weighted by atomic mass is 127. The maximum atomic E-state index is 11.9. The molecule has 1 heterocycles. The fourth-order valence-corrected chi connectivity index (χ4v) is 2.29. The number of halogens is 1. The van der Waals surface area contributed by atoms with Crippen LogP contribution in [0.2, 0.25) is 0 Å². The lowest BCUT2D eigenvalue weighted by molar-refractivity contribution is 0.0996. The average molecular weight is 470 g/mol. The first-order chi connectivity index (χ1) is 12.2. The Kier molecular flexibility index (Phi) is 10.5. The Labute approximate surface area is 171 Å². The highest BCUT2D eigenvalue weighted by Gasteiger charge is 2.08. The van der Waals surface area contributed by atoms with E-state index < -0.39 is 0 Å². The molecule has 26 heavy (non-hydrogen) atoms. The van der Waals surface area contributed by atoms with E-state index in [2.05, 4.69) is 22.5 Å². The molecule has 0 unspecified atom stereocenters.